The second-order valence-corrected chi connectivity index (χ2v) is 5.76. The van der Waals surface area contributed by atoms with Gasteiger partial charge in [0, 0.05) is 35.0 Å². The minimum Gasteiger partial charge on any atom is -0.467 e. The van der Waals surface area contributed by atoms with Crippen molar-refractivity contribution in [3.05, 3.63) is 69.3 Å². The summed E-state index contributed by atoms with van der Waals surface area (Å²) in [5.41, 5.74) is 2.84. The van der Waals surface area contributed by atoms with Crippen molar-refractivity contribution in [2.24, 2.45) is 0 Å². The summed E-state index contributed by atoms with van der Waals surface area (Å²) in [6, 6.07) is 10.4. The molecule has 0 unspecified atom stereocenters. The molecule has 2 aromatic carbocycles. The van der Waals surface area contributed by atoms with Crippen molar-refractivity contribution in [1.82, 2.24) is 0 Å². The third-order valence-electron chi connectivity index (χ3n) is 3.98. The van der Waals surface area contributed by atoms with Gasteiger partial charge in [-0.25, -0.2) is 0 Å². The fraction of sp³-hybridized carbons (Fsp3) is 0.211. The molecule has 7 nitrogen and oxygen atoms in total. The number of carbonyl (C=O) groups is 1. The van der Waals surface area contributed by atoms with Crippen LogP contribution in [0.25, 0.3) is 6.08 Å². The Hall–Kier alpha value is -3.19. The van der Waals surface area contributed by atoms with Gasteiger partial charge in [-0.2, -0.15) is 0 Å². The van der Waals surface area contributed by atoms with Crippen molar-refractivity contribution >= 4 is 23.4 Å². The van der Waals surface area contributed by atoms with Gasteiger partial charge in [-0.15, -0.1) is 0 Å². The van der Waals surface area contributed by atoms with Crippen molar-refractivity contribution in [3.8, 4) is 5.75 Å². The molecule has 1 aliphatic heterocycles. The van der Waals surface area contributed by atoms with Crippen LogP contribution in [0.2, 0.25) is 0 Å². The number of hydrogen-bond donors (Lipinski definition) is 1. The van der Waals surface area contributed by atoms with Gasteiger partial charge >= 0.3 is 0 Å². The number of aryl methyl sites for hydroxylation is 1. The van der Waals surface area contributed by atoms with Gasteiger partial charge in [-0.3, -0.25) is 14.9 Å². The summed E-state index contributed by atoms with van der Waals surface area (Å²) in [7, 11) is 0. The van der Waals surface area contributed by atoms with E-state index in [9.17, 15) is 14.9 Å². The van der Waals surface area contributed by atoms with Crippen LogP contribution in [0, 0.1) is 10.1 Å². The lowest BCUT2D eigenvalue weighted by Gasteiger charge is -2.19. The number of nitrogens with zero attached hydrogens (tertiary/aromatic N) is 1. The molecule has 0 saturated heterocycles. The zero-order chi connectivity index (χ0) is 18.5. The molecule has 7 heteroatoms. The van der Waals surface area contributed by atoms with Gasteiger partial charge < -0.3 is 14.8 Å². The highest BCUT2D eigenvalue weighted by Gasteiger charge is 2.19. The number of nitrogens with one attached hydrogen (secondary N) is 1. The van der Waals surface area contributed by atoms with Crippen LogP contribution in [-0.2, 0) is 22.6 Å². The summed E-state index contributed by atoms with van der Waals surface area (Å²) in [6.45, 7) is 2.36. The Kier molecular flexibility index (Phi) is 5.28. The monoisotopic (exact) mass is 354 g/mol. The van der Waals surface area contributed by atoms with Gasteiger partial charge in [-0.1, -0.05) is 19.1 Å². The topological polar surface area (TPSA) is 90.7 Å². The van der Waals surface area contributed by atoms with Gasteiger partial charge in [0.05, 0.1) is 11.5 Å². The lowest BCUT2D eigenvalue weighted by molar-refractivity contribution is -0.385. The molecule has 1 aliphatic rings. The average Bonchev–Trinajstić information content (AvgIpc) is 2.66. The number of nitro groups is 1. The molecule has 1 heterocycles. The maximum atomic E-state index is 12.1. The largest absolute Gasteiger partial charge is 0.467 e. The minimum absolute atomic E-state index is 0.0711. The molecule has 0 bridgehead atoms. The lowest BCUT2D eigenvalue weighted by atomic mass is 10.1. The molecular formula is C19H18N2O5. The van der Waals surface area contributed by atoms with E-state index < -0.39 is 4.92 Å². The van der Waals surface area contributed by atoms with Crippen LogP contribution < -0.4 is 10.1 Å². The number of rotatable bonds is 5. The standard InChI is InChI=1S/C19H18N2O5/c1-2-13-3-6-16(7-4-13)20-18(22)8-5-14-9-17(21(23)24)10-15-11-25-12-26-19(14)15/h3-10H,2,11-12H2,1H3,(H,20,22)/b8-5+. The number of ether oxygens (including phenoxy) is 2. The van der Waals surface area contributed by atoms with Crippen molar-refractivity contribution in [1.29, 1.82) is 0 Å². The highest BCUT2D eigenvalue weighted by atomic mass is 16.7. The molecule has 0 atom stereocenters. The maximum absolute atomic E-state index is 12.1. The van der Waals surface area contributed by atoms with E-state index in [-0.39, 0.29) is 25.0 Å². The first-order valence-electron chi connectivity index (χ1n) is 8.16. The quantitative estimate of drug-likeness (QED) is 0.502. The normalized spacial score (nSPS) is 13.1. The zero-order valence-electron chi connectivity index (χ0n) is 14.2. The first-order chi connectivity index (χ1) is 12.6. The van der Waals surface area contributed by atoms with Crippen LogP contribution in [0.5, 0.6) is 5.75 Å². The summed E-state index contributed by atoms with van der Waals surface area (Å²) >= 11 is 0. The molecule has 0 spiro atoms. The second-order valence-electron chi connectivity index (χ2n) is 5.76. The van der Waals surface area contributed by atoms with Crippen LogP contribution in [0.1, 0.15) is 23.6 Å². The summed E-state index contributed by atoms with van der Waals surface area (Å²) < 4.78 is 10.6. The first-order valence-corrected chi connectivity index (χ1v) is 8.16. The smallest absolute Gasteiger partial charge is 0.270 e. The predicted molar refractivity (Wildman–Crippen MR) is 96.9 cm³/mol. The summed E-state index contributed by atoms with van der Waals surface area (Å²) in [5.74, 6) is 0.166. The summed E-state index contributed by atoms with van der Waals surface area (Å²) in [6.07, 6.45) is 3.76. The van der Waals surface area contributed by atoms with Gasteiger partial charge in [0.1, 0.15) is 5.75 Å². The Morgan fingerprint density at radius 1 is 1.31 bits per heavy atom. The number of non-ortho nitro benzene ring substituents is 1. The molecule has 1 amide bonds. The van der Waals surface area contributed by atoms with Crippen molar-refractivity contribution in [2.45, 2.75) is 20.0 Å². The first kappa shape index (κ1) is 17.6. The number of fused-ring (bicyclic) bond motifs is 1. The fourth-order valence-electron chi connectivity index (χ4n) is 2.63. The Morgan fingerprint density at radius 3 is 2.77 bits per heavy atom. The van der Waals surface area contributed by atoms with Crippen LogP contribution >= 0.6 is 0 Å². The summed E-state index contributed by atoms with van der Waals surface area (Å²) in [4.78, 5) is 22.7. The summed E-state index contributed by atoms with van der Waals surface area (Å²) in [5, 5.41) is 13.8. The molecule has 0 fully saturated rings. The molecule has 0 aromatic heterocycles. The van der Waals surface area contributed by atoms with Crippen LogP contribution in [-0.4, -0.2) is 17.6 Å². The molecule has 3 rings (SSSR count). The minimum atomic E-state index is -0.485. The van der Waals surface area contributed by atoms with E-state index in [1.54, 1.807) is 0 Å². The molecule has 134 valence electrons. The van der Waals surface area contributed by atoms with Crippen LogP contribution in [0.15, 0.2) is 42.5 Å². The molecule has 0 aliphatic carbocycles. The van der Waals surface area contributed by atoms with Crippen molar-refractivity contribution < 1.29 is 19.2 Å². The maximum Gasteiger partial charge on any atom is 0.270 e. The van der Waals surface area contributed by atoms with E-state index in [1.807, 2.05) is 24.3 Å². The lowest BCUT2D eigenvalue weighted by Crippen LogP contribution is -2.13. The van der Waals surface area contributed by atoms with E-state index >= 15 is 0 Å². The van der Waals surface area contributed by atoms with E-state index in [2.05, 4.69) is 12.2 Å². The van der Waals surface area contributed by atoms with Crippen molar-refractivity contribution in [2.75, 3.05) is 12.1 Å². The Bertz CT molecular complexity index is 859. The van der Waals surface area contributed by atoms with Gasteiger partial charge in [-0.05, 0) is 30.2 Å². The highest BCUT2D eigenvalue weighted by Crippen LogP contribution is 2.33. The number of nitro benzene ring substituents is 1. The molecule has 1 N–H and O–H groups in total. The predicted octanol–water partition coefficient (Wildman–Crippen LogP) is 3.68. The number of benzene rings is 2. The number of carbonyl (C=O) groups excluding carboxylic acids is 1. The van der Waals surface area contributed by atoms with E-state index in [0.29, 0.717) is 22.6 Å². The van der Waals surface area contributed by atoms with Gasteiger partial charge in [0.25, 0.3) is 5.69 Å². The zero-order valence-corrected chi connectivity index (χ0v) is 14.2. The molecule has 0 radical (unpaired) electrons. The van der Waals surface area contributed by atoms with E-state index in [1.165, 1.54) is 29.8 Å². The van der Waals surface area contributed by atoms with E-state index in [4.69, 9.17) is 9.47 Å². The Morgan fingerprint density at radius 2 is 2.08 bits per heavy atom. The average molecular weight is 354 g/mol. The highest BCUT2D eigenvalue weighted by molar-refractivity contribution is 6.02. The molecule has 2 aromatic rings. The number of hydrogen-bond acceptors (Lipinski definition) is 5. The third-order valence-corrected chi connectivity index (χ3v) is 3.98. The fourth-order valence-corrected chi connectivity index (χ4v) is 2.63. The third kappa shape index (κ3) is 4.07. The van der Waals surface area contributed by atoms with Gasteiger partial charge in [0.2, 0.25) is 5.91 Å². The molecule has 26 heavy (non-hydrogen) atoms. The Balaban J connectivity index is 1.79. The number of anilines is 1. The molecular weight excluding hydrogens is 336 g/mol. The SMILES string of the molecule is CCc1ccc(NC(=O)/C=C/c2cc([N+](=O)[O-])cc3c2OCOC3)cc1. The van der Waals surface area contributed by atoms with Crippen molar-refractivity contribution in [3.63, 3.8) is 0 Å². The molecule has 0 saturated carbocycles. The number of amides is 1. The second kappa shape index (κ2) is 7.79. The van der Waals surface area contributed by atoms with E-state index in [0.717, 1.165) is 6.42 Å². The van der Waals surface area contributed by atoms with Crippen LogP contribution in [0.4, 0.5) is 11.4 Å². The van der Waals surface area contributed by atoms with Crippen LogP contribution in [0.3, 0.4) is 0 Å². The Labute approximate surface area is 150 Å². The van der Waals surface area contributed by atoms with Gasteiger partial charge in [0.15, 0.2) is 6.79 Å².